The first-order valence-corrected chi connectivity index (χ1v) is 10.0. The Labute approximate surface area is 159 Å². The van der Waals surface area contributed by atoms with Gasteiger partial charge in [-0.15, -0.1) is 0 Å². The highest BCUT2D eigenvalue weighted by atomic mass is 19.1. The maximum atomic E-state index is 13.6. The summed E-state index contributed by atoms with van der Waals surface area (Å²) in [6.07, 6.45) is 6.71. The fourth-order valence-electron chi connectivity index (χ4n) is 5.04. The van der Waals surface area contributed by atoms with Crippen LogP contribution in [-0.4, -0.2) is 42.1 Å². The molecule has 6 heteroatoms. The number of benzene rings is 1. The van der Waals surface area contributed by atoms with E-state index >= 15 is 0 Å². The van der Waals surface area contributed by atoms with Crippen molar-refractivity contribution in [3.8, 4) is 0 Å². The predicted octanol–water partition coefficient (Wildman–Crippen LogP) is 3.39. The molecule has 1 saturated heterocycles. The molecule has 1 aliphatic heterocycles. The summed E-state index contributed by atoms with van der Waals surface area (Å²) in [6, 6.07) is 3.99. The van der Waals surface area contributed by atoms with Crippen LogP contribution in [0.1, 0.15) is 50.5 Å². The number of carbonyl (C=O) groups excluding carboxylic acids is 1. The van der Waals surface area contributed by atoms with E-state index in [9.17, 15) is 13.6 Å². The molecule has 1 aromatic carbocycles. The van der Waals surface area contributed by atoms with Crippen LogP contribution in [0.4, 0.5) is 8.78 Å². The number of likely N-dealkylation sites (tertiary alicyclic amines) is 1. The standard InChI is InChI=1S/C21H28F2N2O2/c1-27-21-6-5-18(24-20(26)15-3-2-4-15)12-19(21)25(8-7-21)13-14-9-16(22)11-17(23)10-14/h9-11,15,18-19H,2-8,12-13H2,1H3,(H,24,26)/t18-,19+,21-/m1/s1. The maximum Gasteiger partial charge on any atom is 0.223 e. The summed E-state index contributed by atoms with van der Waals surface area (Å²) in [7, 11) is 1.76. The highest BCUT2D eigenvalue weighted by Crippen LogP contribution is 2.43. The Morgan fingerprint density at radius 2 is 1.96 bits per heavy atom. The van der Waals surface area contributed by atoms with Gasteiger partial charge in [0.25, 0.3) is 0 Å². The number of hydrogen-bond acceptors (Lipinski definition) is 3. The van der Waals surface area contributed by atoms with Crippen molar-refractivity contribution in [1.29, 1.82) is 0 Å². The third kappa shape index (κ3) is 3.74. The largest absolute Gasteiger partial charge is 0.377 e. The number of hydrogen-bond donors (Lipinski definition) is 1. The molecule has 1 amide bonds. The van der Waals surface area contributed by atoms with Gasteiger partial charge in [-0.2, -0.15) is 0 Å². The van der Waals surface area contributed by atoms with E-state index in [4.69, 9.17) is 4.74 Å². The molecule has 148 valence electrons. The topological polar surface area (TPSA) is 41.6 Å². The molecule has 0 unspecified atom stereocenters. The van der Waals surface area contributed by atoms with Crippen LogP contribution in [0, 0.1) is 17.6 Å². The average molecular weight is 378 g/mol. The van der Waals surface area contributed by atoms with E-state index < -0.39 is 11.6 Å². The van der Waals surface area contributed by atoms with Crippen molar-refractivity contribution in [2.24, 2.45) is 5.92 Å². The fourth-order valence-corrected chi connectivity index (χ4v) is 5.04. The summed E-state index contributed by atoms with van der Waals surface area (Å²) in [5.41, 5.74) is 0.420. The molecule has 1 heterocycles. The summed E-state index contributed by atoms with van der Waals surface area (Å²) < 4.78 is 33.1. The highest BCUT2D eigenvalue weighted by Gasteiger charge is 2.51. The quantitative estimate of drug-likeness (QED) is 0.854. The molecule has 0 radical (unpaired) electrons. The molecular formula is C21H28F2N2O2. The van der Waals surface area contributed by atoms with Crippen molar-refractivity contribution in [3.63, 3.8) is 0 Å². The Bertz CT molecular complexity index is 689. The van der Waals surface area contributed by atoms with Crippen LogP contribution >= 0.6 is 0 Å². The zero-order valence-corrected chi connectivity index (χ0v) is 15.8. The molecular weight excluding hydrogens is 350 g/mol. The third-order valence-electron chi connectivity index (χ3n) is 6.83. The summed E-state index contributed by atoms with van der Waals surface area (Å²) in [5, 5.41) is 3.24. The third-order valence-corrected chi connectivity index (χ3v) is 6.83. The van der Waals surface area contributed by atoms with E-state index in [1.54, 1.807) is 7.11 Å². The number of nitrogens with one attached hydrogen (secondary N) is 1. The SMILES string of the molecule is CO[C@@]12CC[C@@H](NC(=O)C3CCC3)C[C@@H]1N(Cc1cc(F)cc(F)c1)CC2. The minimum atomic E-state index is -0.545. The molecule has 3 aliphatic rings. The minimum absolute atomic E-state index is 0.147. The van der Waals surface area contributed by atoms with E-state index in [1.165, 1.54) is 12.1 Å². The molecule has 4 nitrogen and oxygen atoms in total. The molecule has 0 aromatic heterocycles. The van der Waals surface area contributed by atoms with Crippen molar-refractivity contribution < 1.29 is 18.3 Å². The number of rotatable bonds is 5. The van der Waals surface area contributed by atoms with Gasteiger partial charge in [0.1, 0.15) is 11.6 Å². The van der Waals surface area contributed by atoms with Gasteiger partial charge in [-0.25, -0.2) is 8.78 Å². The van der Waals surface area contributed by atoms with E-state index in [2.05, 4.69) is 10.2 Å². The number of methoxy groups -OCH3 is 1. The maximum absolute atomic E-state index is 13.6. The lowest BCUT2D eigenvalue weighted by Crippen LogP contribution is -2.55. The van der Waals surface area contributed by atoms with Gasteiger partial charge in [0.15, 0.2) is 0 Å². The molecule has 0 bridgehead atoms. The van der Waals surface area contributed by atoms with Gasteiger partial charge < -0.3 is 10.1 Å². The van der Waals surface area contributed by atoms with Gasteiger partial charge in [0.2, 0.25) is 5.91 Å². The Kier molecular flexibility index (Phi) is 5.21. The Hall–Kier alpha value is -1.53. The highest BCUT2D eigenvalue weighted by molar-refractivity contribution is 5.79. The molecule has 2 saturated carbocycles. The van der Waals surface area contributed by atoms with Gasteiger partial charge in [0, 0.05) is 44.3 Å². The van der Waals surface area contributed by atoms with Crippen LogP contribution in [0.25, 0.3) is 0 Å². The molecule has 1 aromatic rings. The second kappa shape index (κ2) is 7.47. The first kappa shape index (κ1) is 18.8. The molecule has 4 rings (SSSR count). The van der Waals surface area contributed by atoms with E-state index in [0.29, 0.717) is 12.1 Å². The first-order chi connectivity index (χ1) is 13.0. The van der Waals surface area contributed by atoms with Crippen molar-refractivity contribution >= 4 is 5.91 Å². The number of nitrogens with zero attached hydrogens (tertiary/aromatic N) is 1. The molecule has 0 spiro atoms. The molecule has 1 N–H and O–H groups in total. The minimum Gasteiger partial charge on any atom is -0.377 e. The monoisotopic (exact) mass is 378 g/mol. The fraction of sp³-hybridized carbons (Fsp3) is 0.667. The molecule has 27 heavy (non-hydrogen) atoms. The lowest BCUT2D eigenvalue weighted by molar-refractivity contribution is -0.129. The second-order valence-electron chi connectivity index (χ2n) is 8.39. The zero-order chi connectivity index (χ0) is 19.0. The number of amides is 1. The lowest BCUT2D eigenvalue weighted by atomic mass is 9.77. The van der Waals surface area contributed by atoms with Gasteiger partial charge in [-0.05, 0) is 56.2 Å². The first-order valence-electron chi connectivity index (χ1n) is 10.0. The van der Waals surface area contributed by atoms with Gasteiger partial charge in [0.05, 0.1) is 5.60 Å². The molecule has 3 fully saturated rings. The number of halogens is 2. The number of fused-ring (bicyclic) bond motifs is 1. The Morgan fingerprint density at radius 3 is 2.59 bits per heavy atom. The van der Waals surface area contributed by atoms with E-state index in [-0.39, 0.29) is 29.5 Å². The lowest BCUT2D eigenvalue weighted by Gasteiger charge is -2.44. The van der Waals surface area contributed by atoms with Crippen LogP contribution in [0.3, 0.4) is 0 Å². The van der Waals surface area contributed by atoms with Crippen LogP contribution in [0.2, 0.25) is 0 Å². The van der Waals surface area contributed by atoms with Crippen LogP contribution in [-0.2, 0) is 16.1 Å². The summed E-state index contributed by atoms with van der Waals surface area (Å²) in [6.45, 7) is 1.33. The van der Waals surface area contributed by atoms with Crippen LogP contribution in [0.15, 0.2) is 18.2 Å². The van der Waals surface area contributed by atoms with Crippen molar-refractivity contribution in [2.45, 2.75) is 69.2 Å². The molecule has 3 atom stereocenters. The van der Waals surface area contributed by atoms with Crippen LogP contribution in [0.5, 0.6) is 0 Å². The summed E-state index contributed by atoms with van der Waals surface area (Å²) in [4.78, 5) is 14.6. The normalized spacial score (nSPS) is 31.4. The van der Waals surface area contributed by atoms with Crippen molar-refractivity contribution in [1.82, 2.24) is 10.2 Å². The van der Waals surface area contributed by atoms with Crippen LogP contribution < -0.4 is 5.32 Å². The number of carbonyl (C=O) groups is 1. The van der Waals surface area contributed by atoms with E-state index in [0.717, 1.165) is 57.6 Å². The second-order valence-corrected chi connectivity index (χ2v) is 8.39. The predicted molar refractivity (Wildman–Crippen MR) is 98.0 cm³/mol. The smallest absolute Gasteiger partial charge is 0.223 e. The number of ether oxygens (including phenoxy) is 1. The molecule has 2 aliphatic carbocycles. The van der Waals surface area contributed by atoms with Crippen molar-refractivity contribution in [3.05, 3.63) is 35.4 Å². The Morgan fingerprint density at radius 1 is 1.22 bits per heavy atom. The van der Waals surface area contributed by atoms with Gasteiger partial charge >= 0.3 is 0 Å². The van der Waals surface area contributed by atoms with E-state index in [1.807, 2.05) is 0 Å². The van der Waals surface area contributed by atoms with Crippen molar-refractivity contribution in [2.75, 3.05) is 13.7 Å². The Balaban J connectivity index is 1.46. The van der Waals surface area contributed by atoms with Gasteiger partial charge in [-0.3, -0.25) is 9.69 Å². The summed E-state index contributed by atoms with van der Waals surface area (Å²) in [5.74, 6) is -0.713. The summed E-state index contributed by atoms with van der Waals surface area (Å²) >= 11 is 0. The average Bonchev–Trinajstić information content (AvgIpc) is 2.91. The zero-order valence-electron chi connectivity index (χ0n) is 15.8. The van der Waals surface area contributed by atoms with Gasteiger partial charge in [-0.1, -0.05) is 6.42 Å².